The number of carbonyl (C=O) groups is 4. The largest absolute Gasteiger partial charge is 0.493 e. The summed E-state index contributed by atoms with van der Waals surface area (Å²) in [5.41, 5.74) is 2.90. The topological polar surface area (TPSA) is 154 Å². The van der Waals surface area contributed by atoms with E-state index in [1.54, 1.807) is 6.07 Å². The van der Waals surface area contributed by atoms with E-state index >= 15 is 0 Å². The van der Waals surface area contributed by atoms with E-state index in [-0.39, 0.29) is 22.9 Å². The Morgan fingerprint density at radius 3 is 2.83 bits per heavy atom. The Balaban J connectivity index is 1.61. The van der Waals surface area contributed by atoms with E-state index in [9.17, 15) is 19.2 Å². The zero-order valence-electron chi connectivity index (χ0n) is 15.4. The smallest absolute Gasteiger partial charge is 0.337 e. The Kier molecular flexibility index (Phi) is 6.54. The summed E-state index contributed by atoms with van der Waals surface area (Å²) in [6, 6.07) is 4.57. The number of methoxy groups -OCH3 is 1. The van der Waals surface area contributed by atoms with Gasteiger partial charge in [0.05, 0.1) is 18.2 Å². The number of thioether (sulfide) groups is 1. The second-order valence-corrected chi connectivity index (χ2v) is 6.58. The highest BCUT2D eigenvalue weighted by atomic mass is 32.2. The number of carbonyl (C=O) groups excluding carboxylic acids is 4. The van der Waals surface area contributed by atoms with Crippen LogP contribution in [0.15, 0.2) is 46.9 Å². The van der Waals surface area contributed by atoms with Gasteiger partial charge < -0.3 is 9.47 Å². The van der Waals surface area contributed by atoms with E-state index < -0.39 is 23.0 Å². The van der Waals surface area contributed by atoms with Gasteiger partial charge in [0, 0.05) is 6.08 Å². The highest BCUT2D eigenvalue weighted by Crippen LogP contribution is 2.29. The standard InChI is InChI=1S/C17H14N6O6S/c1-28-12-4-10(6-19-22-14(24)7-23-9-18-8-20-23)2-3-11(12)29-15(25)5-13-16(26)21-17(27)30-13/h2-6,8-9H,7H2,1H3,(H,22,24)(H,21,26,27)/b13-5-,19-6-. The molecule has 30 heavy (non-hydrogen) atoms. The molecule has 0 spiro atoms. The number of benzene rings is 1. The van der Waals surface area contributed by atoms with Crippen molar-refractivity contribution in [2.45, 2.75) is 6.54 Å². The number of esters is 1. The van der Waals surface area contributed by atoms with Gasteiger partial charge in [0.15, 0.2) is 11.5 Å². The van der Waals surface area contributed by atoms with E-state index in [1.165, 1.54) is 42.8 Å². The molecule has 1 aliphatic heterocycles. The number of rotatable bonds is 7. The van der Waals surface area contributed by atoms with E-state index in [0.29, 0.717) is 17.3 Å². The van der Waals surface area contributed by atoms with Gasteiger partial charge in [-0.15, -0.1) is 0 Å². The molecule has 1 saturated heterocycles. The lowest BCUT2D eigenvalue weighted by Crippen LogP contribution is -2.23. The summed E-state index contributed by atoms with van der Waals surface area (Å²) < 4.78 is 11.7. The van der Waals surface area contributed by atoms with Crippen molar-refractivity contribution in [3.05, 3.63) is 47.4 Å². The van der Waals surface area contributed by atoms with Crippen molar-refractivity contribution < 1.29 is 28.7 Å². The minimum Gasteiger partial charge on any atom is -0.493 e. The molecule has 1 aromatic heterocycles. The van der Waals surface area contributed by atoms with Gasteiger partial charge in [-0.25, -0.2) is 19.9 Å². The van der Waals surface area contributed by atoms with Crippen LogP contribution in [-0.4, -0.2) is 51.1 Å². The molecule has 0 atom stereocenters. The van der Waals surface area contributed by atoms with Crippen LogP contribution in [0.3, 0.4) is 0 Å². The molecule has 3 rings (SSSR count). The molecule has 1 aliphatic rings. The number of imide groups is 1. The summed E-state index contributed by atoms with van der Waals surface area (Å²) in [5.74, 6) is -1.58. The van der Waals surface area contributed by atoms with E-state index in [0.717, 1.165) is 6.08 Å². The highest BCUT2D eigenvalue weighted by molar-refractivity contribution is 8.18. The minimum atomic E-state index is -0.845. The maximum absolute atomic E-state index is 12.0. The molecule has 2 N–H and O–H groups in total. The first-order valence-electron chi connectivity index (χ1n) is 8.23. The first kappa shape index (κ1) is 20.7. The predicted octanol–water partition coefficient (Wildman–Crippen LogP) is 0.209. The van der Waals surface area contributed by atoms with Crippen molar-refractivity contribution in [1.29, 1.82) is 0 Å². The van der Waals surface area contributed by atoms with Crippen LogP contribution in [0.1, 0.15) is 5.56 Å². The average molecular weight is 430 g/mol. The Morgan fingerprint density at radius 1 is 1.33 bits per heavy atom. The summed E-state index contributed by atoms with van der Waals surface area (Å²) in [4.78, 5) is 50.0. The highest BCUT2D eigenvalue weighted by Gasteiger charge is 2.26. The predicted molar refractivity (Wildman–Crippen MR) is 104 cm³/mol. The summed E-state index contributed by atoms with van der Waals surface area (Å²) in [6.45, 7) is -0.0348. The van der Waals surface area contributed by atoms with Crippen molar-refractivity contribution >= 4 is 41.0 Å². The quantitative estimate of drug-likeness (QED) is 0.206. The number of hydrogen-bond acceptors (Lipinski definition) is 10. The van der Waals surface area contributed by atoms with Crippen molar-refractivity contribution in [3.8, 4) is 11.5 Å². The van der Waals surface area contributed by atoms with Gasteiger partial charge in [-0.2, -0.15) is 10.2 Å². The summed E-state index contributed by atoms with van der Waals surface area (Å²) in [5, 5.41) is 9.12. The zero-order valence-corrected chi connectivity index (χ0v) is 16.2. The fourth-order valence-corrected chi connectivity index (χ4v) is 2.83. The van der Waals surface area contributed by atoms with Gasteiger partial charge in [-0.3, -0.25) is 19.7 Å². The maximum atomic E-state index is 12.0. The minimum absolute atomic E-state index is 0.0348. The molecule has 1 aromatic carbocycles. The number of amides is 3. The monoisotopic (exact) mass is 430 g/mol. The molecule has 2 heterocycles. The molecule has 0 bridgehead atoms. The van der Waals surface area contributed by atoms with Gasteiger partial charge in [-0.1, -0.05) is 0 Å². The van der Waals surface area contributed by atoms with E-state index in [4.69, 9.17) is 9.47 Å². The van der Waals surface area contributed by atoms with Gasteiger partial charge in [-0.05, 0) is 35.5 Å². The first-order valence-corrected chi connectivity index (χ1v) is 9.05. The number of nitrogens with zero attached hydrogens (tertiary/aromatic N) is 4. The summed E-state index contributed by atoms with van der Waals surface area (Å²) in [7, 11) is 1.38. The molecule has 0 unspecified atom stereocenters. The molecule has 13 heteroatoms. The number of ether oxygens (including phenoxy) is 2. The average Bonchev–Trinajstić information content (AvgIpc) is 3.32. The van der Waals surface area contributed by atoms with Crippen LogP contribution in [-0.2, 0) is 20.9 Å². The number of hydrogen-bond donors (Lipinski definition) is 2. The molecule has 12 nitrogen and oxygen atoms in total. The van der Waals surface area contributed by atoms with Crippen LogP contribution in [0.25, 0.3) is 0 Å². The maximum Gasteiger partial charge on any atom is 0.337 e. The third-order valence-corrected chi connectivity index (χ3v) is 4.27. The van der Waals surface area contributed by atoms with Crippen molar-refractivity contribution in [1.82, 2.24) is 25.5 Å². The lowest BCUT2D eigenvalue weighted by Gasteiger charge is -2.08. The van der Waals surface area contributed by atoms with Crippen LogP contribution in [0, 0.1) is 0 Å². The van der Waals surface area contributed by atoms with Crippen LogP contribution in [0.5, 0.6) is 11.5 Å². The molecule has 1 fully saturated rings. The second-order valence-electron chi connectivity index (χ2n) is 5.57. The molecule has 3 amide bonds. The third kappa shape index (κ3) is 5.51. The Hall–Kier alpha value is -4.00. The summed E-state index contributed by atoms with van der Waals surface area (Å²) >= 11 is 0.606. The molecule has 0 saturated carbocycles. The van der Waals surface area contributed by atoms with Crippen LogP contribution in [0.4, 0.5) is 4.79 Å². The van der Waals surface area contributed by atoms with Gasteiger partial charge >= 0.3 is 5.97 Å². The van der Waals surface area contributed by atoms with Crippen molar-refractivity contribution in [2.75, 3.05) is 7.11 Å². The van der Waals surface area contributed by atoms with Gasteiger partial charge in [0.2, 0.25) is 0 Å². The third-order valence-electron chi connectivity index (χ3n) is 3.46. The lowest BCUT2D eigenvalue weighted by molar-refractivity contribution is -0.129. The fourth-order valence-electron chi connectivity index (χ4n) is 2.19. The lowest BCUT2D eigenvalue weighted by atomic mass is 10.2. The zero-order chi connectivity index (χ0) is 21.5. The van der Waals surface area contributed by atoms with Crippen molar-refractivity contribution in [3.63, 3.8) is 0 Å². The fraction of sp³-hybridized carbons (Fsp3) is 0.118. The Labute approximate surface area is 173 Å². The number of aromatic nitrogens is 3. The van der Waals surface area contributed by atoms with Gasteiger partial charge in [0.1, 0.15) is 19.2 Å². The van der Waals surface area contributed by atoms with E-state index in [1.807, 2.05) is 5.32 Å². The number of nitrogens with one attached hydrogen (secondary N) is 2. The Bertz CT molecular complexity index is 1050. The van der Waals surface area contributed by atoms with Gasteiger partial charge in [0.25, 0.3) is 17.1 Å². The van der Waals surface area contributed by atoms with Crippen LogP contribution >= 0.6 is 11.8 Å². The molecule has 154 valence electrons. The van der Waals surface area contributed by atoms with Crippen LogP contribution < -0.4 is 20.2 Å². The normalized spacial score (nSPS) is 14.8. The SMILES string of the molecule is COc1cc(/C=N\NC(=O)Cn2cncn2)ccc1OC(=O)/C=C1\SC(=O)NC1=O. The molecular weight excluding hydrogens is 416 g/mol. The first-order chi connectivity index (χ1) is 14.4. The Morgan fingerprint density at radius 2 is 2.17 bits per heavy atom. The molecular formula is C17H14N6O6S. The van der Waals surface area contributed by atoms with E-state index in [2.05, 4.69) is 20.6 Å². The molecule has 2 aromatic rings. The number of hydrazone groups is 1. The summed E-state index contributed by atoms with van der Waals surface area (Å²) in [6.07, 6.45) is 5.01. The molecule has 0 aliphatic carbocycles. The van der Waals surface area contributed by atoms with Crippen molar-refractivity contribution in [2.24, 2.45) is 5.10 Å². The second kappa shape index (κ2) is 9.47. The van der Waals surface area contributed by atoms with Crippen LogP contribution in [0.2, 0.25) is 0 Å². The molecule has 0 radical (unpaired) electrons.